The van der Waals surface area contributed by atoms with Crippen LogP contribution in [0.15, 0.2) is 23.4 Å². The number of carbonyl (C=O) groups excluding carboxylic acids is 1. The lowest BCUT2D eigenvalue weighted by molar-refractivity contribution is -0.120. The molecule has 1 fully saturated rings. The van der Waals surface area contributed by atoms with Gasteiger partial charge < -0.3 is 15.9 Å². The third kappa shape index (κ3) is 5.44. The fourth-order valence-corrected chi connectivity index (χ4v) is 4.46. The van der Waals surface area contributed by atoms with Crippen LogP contribution in [-0.4, -0.2) is 32.6 Å². The zero-order valence-corrected chi connectivity index (χ0v) is 18.5. The molecule has 0 unspecified atom stereocenters. The van der Waals surface area contributed by atoms with Crippen LogP contribution in [0, 0.1) is 25.7 Å². The lowest BCUT2D eigenvalue weighted by Crippen LogP contribution is -2.44. The van der Waals surface area contributed by atoms with Gasteiger partial charge in [-0.05, 0) is 43.7 Å². The number of aromatic nitrogens is 3. The van der Waals surface area contributed by atoms with E-state index in [0.29, 0.717) is 22.8 Å². The Bertz CT molecular complexity index is 854. The van der Waals surface area contributed by atoms with Crippen molar-refractivity contribution >= 4 is 17.7 Å². The second kappa shape index (κ2) is 9.52. The number of carbonyl (C=O) groups is 1. The number of nitrogens with two attached hydrogens (primary N) is 1. The van der Waals surface area contributed by atoms with E-state index in [1.165, 1.54) is 34.8 Å². The number of hydrogen-bond acceptors (Lipinski definition) is 6. The van der Waals surface area contributed by atoms with Gasteiger partial charge in [0.05, 0.1) is 5.75 Å². The van der Waals surface area contributed by atoms with E-state index in [1.807, 2.05) is 26.0 Å². The largest absolute Gasteiger partial charge is 0.485 e. The lowest BCUT2D eigenvalue weighted by atomic mass is 9.78. The number of hydrogen-bond donors (Lipinski definition) is 2. The van der Waals surface area contributed by atoms with Crippen LogP contribution in [0.1, 0.15) is 50.1 Å². The summed E-state index contributed by atoms with van der Waals surface area (Å²) < 4.78 is 7.22. The van der Waals surface area contributed by atoms with Gasteiger partial charge in [-0.2, -0.15) is 0 Å². The number of ether oxygens (including phenoxy) is 1. The van der Waals surface area contributed by atoms with E-state index in [0.717, 1.165) is 17.7 Å². The Labute approximate surface area is 176 Å². The molecule has 158 valence electrons. The number of benzene rings is 1. The highest BCUT2D eigenvalue weighted by Crippen LogP contribution is 2.29. The minimum Gasteiger partial charge on any atom is -0.485 e. The van der Waals surface area contributed by atoms with E-state index in [-0.39, 0.29) is 24.3 Å². The van der Waals surface area contributed by atoms with Crippen molar-refractivity contribution in [1.29, 1.82) is 0 Å². The summed E-state index contributed by atoms with van der Waals surface area (Å²) in [5, 5.41) is 11.9. The quantitative estimate of drug-likeness (QED) is 0.531. The van der Waals surface area contributed by atoms with Gasteiger partial charge in [0.2, 0.25) is 11.1 Å². The number of nitrogen functional groups attached to an aromatic ring is 1. The molecule has 3 rings (SSSR count). The van der Waals surface area contributed by atoms with E-state index < -0.39 is 0 Å². The molecule has 7 nitrogen and oxygen atoms in total. The average molecular weight is 418 g/mol. The first-order chi connectivity index (χ1) is 13.8. The van der Waals surface area contributed by atoms with Crippen molar-refractivity contribution in [2.45, 2.75) is 64.8 Å². The highest BCUT2D eigenvalue weighted by Gasteiger charge is 2.28. The highest BCUT2D eigenvalue weighted by atomic mass is 32.2. The normalized spacial score (nSPS) is 21.7. The maximum absolute atomic E-state index is 12.4. The minimum absolute atomic E-state index is 0.0111. The maximum Gasteiger partial charge on any atom is 0.230 e. The molecule has 1 saturated carbocycles. The molecule has 0 saturated heterocycles. The van der Waals surface area contributed by atoms with Gasteiger partial charge in [-0.25, -0.2) is 4.68 Å². The summed E-state index contributed by atoms with van der Waals surface area (Å²) in [7, 11) is 0. The average Bonchev–Trinajstić information content (AvgIpc) is 3.03. The van der Waals surface area contributed by atoms with Crippen molar-refractivity contribution in [3.05, 3.63) is 35.2 Å². The molecule has 1 aromatic heterocycles. The molecule has 0 aliphatic heterocycles. The molecule has 3 N–H and O–H groups in total. The van der Waals surface area contributed by atoms with Gasteiger partial charge in [-0.15, -0.1) is 10.2 Å². The summed E-state index contributed by atoms with van der Waals surface area (Å²) in [5.74, 6) is 8.84. The van der Waals surface area contributed by atoms with Crippen molar-refractivity contribution < 1.29 is 9.53 Å². The fourth-order valence-electron chi connectivity index (χ4n) is 3.77. The summed E-state index contributed by atoms with van der Waals surface area (Å²) >= 11 is 1.29. The predicted octanol–water partition coefficient (Wildman–Crippen LogP) is 3.22. The highest BCUT2D eigenvalue weighted by molar-refractivity contribution is 7.99. The van der Waals surface area contributed by atoms with Crippen LogP contribution in [0.3, 0.4) is 0 Å². The van der Waals surface area contributed by atoms with Gasteiger partial charge in [0, 0.05) is 6.04 Å². The van der Waals surface area contributed by atoms with Crippen molar-refractivity contribution in [2.75, 3.05) is 11.6 Å². The molecule has 2 aromatic rings. The Balaban J connectivity index is 1.51. The monoisotopic (exact) mass is 417 g/mol. The second-order valence-electron chi connectivity index (χ2n) is 8.06. The van der Waals surface area contributed by atoms with E-state index >= 15 is 0 Å². The summed E-state index contributed by atoms with van der Waals surface area (Å²) in [6.45, 7) is 8.75. The topological polar surface area (TPSA) is 95.1 Å². The molecule has 0 spiro atoms. The first-order valence-electron chi connectivity index (χ1n) is 10.2. The van der Waals surface area contributed by atoms with Crippen molar-refractivity contribution in [3.63, 3.8) is 0 Å². The van der Waals surface area contributed by atoms with Gasteiger partial charge >= 0.3 is 0 Å². The summed E-state index contributed by atoms with van der Waals surface area (Å²) in [6.07, 6.45) is 3.46. The number of thioether (sulfide) groups is 1. The molecule has 0 bridgehead atoms. The Morgan fingerprint density at radius 3 is 2.86 bits per heavy atom. The lowest BCUT2D eigenvalue weighted by Gasteiger charge is -2.34. The second-order valence-corrected chi connectivity index (χ2v) is 9.00. The summed E-state index contributed by atoms with van der Waals surface area (Å²) in [4.78, 5) is 12.4. The van der Waals surface area contributed by atoms with Crippen LogP contribution in [0.2, 0.25) is 0 Å². The number of amides is 1. The third-order valence-electron chi connectivity index (χ3n) is 5.81. The summed E-state index contributed by atoms with van der Waals surface area (Å²) in [5.41, 5.74) is 2.25. The minimum atomic E-state index is 0.0111. The van der Waals surface area contributed by atoms with Gasteiger partial charge in [0.25, 0.3) is 0 Å². The van der Waals surface area contributed by atoms with Crippen LogP contribution < -0.4 is 15.9 Å². The van der Waals surface area contributed by atoms with Crippen LogP contribution in [0.25, 0.3) is 0 Å². The maximum atomic E-state index is 12.4. The molecule has 1 aliphatic carbocycles. The van der Waals surface area contributed by atoms with Gasteiger partial charge in [-0.3, -0.25) is 4.79 Å². The molecular weight excluding hydrogens is 386 g/mol. The smallest absolute Gasteiger partial charge is 0.230 e. The molecule has 1 heterocycles. The standard InChI is InChI=1S/C21H31N5O2S/c1-13-8-9-18(15(3)10-13)28-11-19-24-25-21(26(19)22)29-12-20(27)23-17-7-5-6-14(2)16(17)4/h8-10,14,16-17H,5-7,11-12,22H2,1-4H3,(H,23,27)/t14-,16-,17-/m0/s1. The van der Waals surface area contributed by atoms with Crippen molar-refractivity contribution in [1.82, 2.24) is 20.2 Å². The molecule has 8 heteroatoms. The first kappa shape index (κ1) is 21.5. The van der Waals surface area contributed by atoms with Crippen molar-refractivity contribution in [3.8, 4) is 5.75 Å². The Hall–Kier alpha value is -2.22. The van der Waals surface area contributed by atoms with Crippen LogP contribution in [0.5, 0.6) is 5.75 Å². The predicted molar refractivity (Wildman–Crippen MR) is 115 cm³/mol. The van der Waals surface area contributed by atoms with Crippen molar-refractivity contribution in [2.24, 2.45) is 11.8 Å². The Kier molecular flexibility index (Phi) is 7.05. The van der Waals surface area contributed by atoms with E-state index in [2.05, 4.69) is 35.4 Å². The number of aryl methyl sites for hydroxylation is 2. The number of nitrogens with one attached hydrogen (secondary N) is 1. The summed E-state index contributed by atoms with van der Waals surface area (Å²) in [6, 6.07) is 6.26. The molecule has 29 heavy (non-hydrogen) atoms. The molecule has 1 aliphatic rings. The molecule has 3 atom stereocenters. The van der Waals surface area contributed by atoms with E-state index in [1.54, 1.807) is 0 Å². The first-order valence-corrected chi connectivity index (χ1v) is 11.1. The number of rotatable bonds is 7. The van der Waals surface area contributed by atoms with Gasteiger partial charge in [0.1, 0.15) is 12.4 Å². The molecular formula is C21H31N5O2S. The van der Waals surface area contributed by atoms with Crippen LogP contribution >= 0.6 is 11.8 Å². The van der Waals surface area contributed by atoms with Gasteiger partial charge in [-0.1, -0.05) is 56.1 Å². The molecule has 1 amide bonds. The fraction of sp³-hybridized carbons (Fsp3) is 0.571. The third-order valence-corrected chi connectivity index (χ3v) is 6.75. The van der Waals surface area contributed by atoms with E-state index in [9.17, 15) is 4.79 Å². The Morgan fingerprint density at radius 1 is 1.31 bits per heavy atom. The zero-order valence-electron chi connectivity index (χ0n) is 17.6. The SMILES string of the molecule is Cc1ccc(OCc2nnc(SCC(=O)N[C@H]3CCC[C@H](C)[C@@H]3C)n2N)c(C)c1. The van der Waals surface area contributed by atoms with E-state index in [4.69, 9.17) is 10.6 Å². The number of nitrogens with zero attached hydrogens (tertiary/aromatic N) is 3. The van der Waals surface area contributed by atoms with Crippen LogP contribution in [0.4, 0.5) is 0 Å². The van der Waals surface area contributed by atoms with Gasteiger partial charge in [0.15, 0.2) is 5.82 Å². The molecule has 0 radical (unpaired) electrons. The van der Waals surface area contributed by atoms with Crippen LogP contribution in [-0.2, 0) is 11.4 Å². The molecule has 1 aromatic carbocycles. The Morgan fingerprint density at radius 2 is 2.10 bits per heavy atom. The zero-order chi connectivity index (χ0) is 21.0.